The van der Waals surface area contributed by atoms with Gasteiger partial charge in [-0.3, -0.25) is 0 Å². The van der Waals surface area contributed by atoms with Crippen molar-refractivity contribution in [3.63, 3.8) is 0 Å². The molecule has 1 aliphatic rings. The van der Waals surface area contributed by atoms with Crippen LogP contribution in [0.15, 0.2) is 0 Å². The highest BCUT2D eigenvalue weighted by atomic mass is 16.4. The van der Waals surface area contributed by atoms with Crippen LogP contribution in [0.4, 0.5) is 4.79 Å². The summed E-state index contributed by atoms with van der Waals surface area (Å²) in [5.41, 5.74) is -0.306. The second-order valence-corrected chi connectivity index (χ2v) is 5.52. The Kier molecular flexibility index (Phi) is 3.41. The molecular weight excluding hydrogens is 194 g/mol. The van der Waals surface area contributed by atoms with Gasteiger partial charge in [0.2, 0.25) is 0 Å². The normalized spacial score (nSPS) is 32.7. The number of aliphatic hydroxyl groups is 1. The van der Waals surface area contributed by atoms with E-state index in [2.05, 4.69) is 0 Å². The van der Waals surface area contributed by atoms with Crippen LogP contribution in [0.5, 0.6) is 0 Å². The fourth-order valence-electron chi connectivity index (χ4n) is 2.49. The van der Waals surface area contributed by atoms with E-state index in [1.54, 1.807) is 0 Å². The van der Waals surface area contributed by atoms with Crippen LogP contribution in [0, 0.1) is 5.92 Å². The van der Waals surface area contributed by atoms with Crippen LogP contribution in [0.2, 0.25) is 0 Å². The van der Waals surface area contributed by atoms with E-state index in [0.29, 0.717) is 13.1 Å². The van der Waals surface area contributed by atoms with Crippen LogP contribution in [-0.4, -0.2) is 46.0 Å². The zero-order valence-corrected chi connectivity index (χ0v) is 9.86. The van der Waals surface area contributed by atoms with E-state index in [1.165, 1.54) is 0 Å². The largest absolute Gasteiger partial charge is 0.513 e. The monoisotopic (exact) mass is 216 g/mol. The molecule has 0 aromatic heterocycles. The van der Waals surface area contributed by atoms with Crippen molar-refractivity contribution in [3.8, 4) is 0 Å². The summed E-state index contributed by atoms with van der Waals surface area (Å²) in [4.78, 5) is 11.5. The minimum absolute atomic E-state index is 0.0816. The molecular formula is C11H22NO3+. The summed E-state index contributed by atoms with van der Waals surface area (Å²) >= 11 is 0. The number of likely N-dealkylation sites (tertiary alicyclic amines) is 1. The second-order valence-electron chi connectivity index (χ2n) is 5.52. The number of piperidine rings is 1. The number of carboxylic acid groups (broad SMARTS) is 1. The molecule has 15 heavy (non-hydrogen) atoms. The molecule has 0 radical (unpaired) electrons. The van der Waals surface area contributed by atoms with Gasteiger partial charge in [-0.1, -0.05) is 0 Å². The number of rotatable bonds is 1. The van der Waals surface area contributed by atoms with Gasteiger partial charge < -0.3 is 10.2 Å². The van der Waals surface area contributed by atoms with E-state index >= 15 is 0 Å². The van der Waals surface area contributed by atoms with E-state index in [0.717, 1.165) is 12.8 Å². The lowest BCUT2D eigenvalue weighted by atomic mass is 9.90. The highest BCUT2D eigenvalue weighted by molar-refractivity contribution is 5.57. The first-order chi connectivity index (χ1) is 6.83. The van der Waals surface area contributed by atoms with Gasteiger partial charge in [-0.15, -0.1) is 0 Å². The first-order valence-electron chi connectivity index (χ1n) is 5.55. The van der Waals surface area contributed by atoms with Crippen LogP contribution in [-0.2, 0) is 0 Å². The number of hydrogen-bond acceptors (Lipinski definition) is 2. The molecule has 4 heteroatoms. The predicted molar refractivity (Wildman–Crippen MR) is 57.6 cm³/mol. The van der Waals surface area contributed by atoms with Crippen molar-refractivity contribution in [2.45, 2.75) is 39.2 Å². The zero-order chi connectivity index (χ0) is 11.7. The van der Waals surface area contributed by atoms with E-state index in [1.807, 2.05) is 20.8 Å². The van der Waals surface area contributed by atoms with Gasteiger partial charge in [0.25, 0.3) is 0 Å². The smallest absolute Gasteiger partial charge is 0.435 e. The Morgan fingerprint density at radius 3 is 2.47 bits per heavy atom. The zero-order valence-electron chi connectivity index (χ0n) is 9.86. The van der Waals surface area contributed by atoms with E-state index in [9.17, 15) is 9.90 Å². The molecule has 1 fully saturated rings. The summed E-state index contributed by atoms with van der Waals surface area (Å²) in [6.07, 6.45) is 1.06. The SMILES string of the molecule is CC(C)(C)[N+]1(C(=O)O)CCC[C@@H](CO)C1. The number of aliphatic hydroxyl groups excluding tert-OH is 1. The fourth-order valence-corrected chi connectivity index (χ4v) is 2.49. The van der Waals surface area contributed by atoms with Crippen LogP contribution in [0.25, 0.3) is 0 Å². The second kappa shape index (κ2) is 4.10. The quantitative estimate of drug-likeness (QED) is 0.656. The molecule has 0 spiro atoms. The Bertz CT molecular complexity index is 247. The van der Waals surface area contributed by atoms with Crippen LogP contribution in [0.3, 0.4) is 0 Å². The summed E-state index contributed by atoms with van der Waals surface area (Å²) < 4.78 is 0.0816. The van der Waals surface area contributed by atoms with Gasteiger partial charge in [0, 0.05) is 5.92 Å². The molecule has 1 amide bonds. The minimum atomic E-state index is -0.763. The molecule has 1 rings (SSSR count). The summed E-state index contributed by atoms with van der Waals surface area (Å²) in [7, 11) is 0. The summed E-state index contributed by atoms with van der Waals surface area (Å²) in [5.74, 6) is 0.133. The molecule has 0 aliphatic carbocycles. The highest BCUT2D eigenvalue weighted by Crippen LogP contribution is 2.32. The number of nitrogens with zero attached hydrogens (tertiary/aromatic N) is 1. The average Bonchev–Trinajstić information content (AvgIpc) is 2.16. The first kappa shape index (κ1) is 12.5. The van der Waals surface area contributed by atoms with Gasteiger partial charge in [0.1, 0.15) is 5.54 Å². The van der Waals surface area contributed by atoms with Crippen molar-refractivity contribution < 1.29 is 19.5 Å². The average molecular weight is 216 g/mol. The van der Waals surface area contributed by atoms with Gasteiger partial charge in [-0.25, -0.2) is 4.48 Å². The highest BCUT2D eigenvalue weighted by Gasteiger charge is 2.50. The number of carbonyl (C=O) groups is 1. The summed E-state index contributed by atoms with van der Waals surface area (Å²) in [6, 6.07) is 0. The number of quaternary nitrogens is 1. The predicted octanol–water partition coefficient (Wildman–Crippen LogP) is 1.68. The van der Waals surface area contributed by atoms with Crippen LogP contribution >= 0.6 is 0 Å². The molecule has 1 unspecified atom stereocenters. The molecule has 88 valence electrons. The van der Waals surface area contributed by atoms with Gasteiger partial charge in [-0.05, 0) is 33.6 Å². The standard InChI is InChI=1S/C11H21NO3/c1-11(2,3)12(10(14)15)6-4-5-9(7-12)8-13/h9,13H,4-8H2,1-3H3/p+1/t9-,12?/m1/s1. The molecule has 0 bridgehead atoms. The van der Waals surface area contributed by atoms with Crippen molar-refractivity contribution in [2.24, 2.45) is 5.92 Å². The molecule has 2 N–H and O–H groups in total. The molecule has 1 aliphatic heterocycles. The number of hydrogen-bond donors (Lipinski definition) is 2. The van der Waals surface area contributed by atoms with Crippen molar-refractivity contribution in [1.29, 1.82) is 0 Å². The Labute approximate surface area is 91.1 Å². The van der Waals surface area contributed by atoms with E-state index in [-0.39, 0.29) is 22.5 Å². The third-order valence-electron chi connectivity index (χ3n) is 3.63. The molecule has 0 saturated carbocycles. The lowest BCUT2D eigenvalue weighted by molar-refractivity contribution is -0.911. The van der Waals surface area contributed by atoms with E-state index in [4.69, 9.17) is 5.11 Å². The van der Waals surface area contributed by atoms with Crippen molar-refractivity contribution >= 4 is 6.09 Å². The topological polar surface area (TPSA) is 57.5 Å². The lowest BCUT2D eigenvalue weighted by Gasteiger charge is -2.47. The third-order valence-corrected chi connectivity index (χ3v) is 3.63. The Morgan fingerprint density at radius 1 is 1.47 bits per heavy atom. The lowest BCUT2D eigenvalue weighted by Crippen LogP contribution is -2.67. The maximum atomic E-state index is 11.5. The van der Waals surface area contributed by atoms with Crippen molar-refractivity contribution in [1.82, 2.24) is 0 Å². The Balaban J connectivity index is 2.96. The minimum Gasteiger partial charge on any atom is -0.435 e. The van der Waals surface area contributed by atoms with Gasteiger partial charge in [-0.2, -0.15) is 4.79 Å². The summed E-state index contributed by atoms with van der Waals surface area (Å²) in [6.45, 7) is 7.21. The Hall–Kier alpha value is -0.610. The van der Waals surface area contributed by atoms with Gasteiger partial charge >= 0.3 is 6.09 Å². The Morgan fingerprint density at radius 2 is 2.07 bits per heavy atom. The maximum Gasteiger partial charge on any atom is 0.513 e. The molecule has 2 atom stereocenters. The van der Waals surface area contributed by atoms with Crippen molar-refractivity contribution in [3.05, 3.63) is 0 Å². The van der Waals surface area contributed by atoms with Crippen LogP contribution in [0.1, 0.15) is 33.6 Å². The first-order valence-corrected chi connectivity index (χ1v) is 5.55. The number of amides is 1. The van der Waals surface area contributed by atoms with Crippen molar-refractivity contribution in [2.75, 3.05) is 19.7 Å². The van der Waals surface area contributed by atoms with Gasteiger partial charge in [0.05, 0.1) is 19.7 Å². The maximum absolute atomic E-state index is 11.5. The van der Waals surface area contributed by atoms with Crippen LogP contribution < -0.4 is 0 Å². The van der Waals surface area contributed by atoms with Gasteiger partial charge in [0.15, 0.2) is 0 Å². The molecule has 1 heterocycles. The molecule has 1 saturated heterocycles. The molecule has 0 aromatic carbocycles. The summed E-state index contributed by atoms with van der Waals surface area (Å²) in [5, 5.41) is 18.6. The van der Waals surface area contributed by atoms with E-state index < -0.39 is 6.09 Å². The molecule has 0 aromatic rings. The molecule has 4 nitrogen and oxygen atoms in total. The third kappa shape index (κ3) is 2.16. The fraction of sp³-hybridized carbons (Fsp3) is 0.909.